The maximum absolute atomic E-state index is 12.0. The summed E-state index contributed by atoms with van der Waals surface area (Å²) in [6.07, 6.45) is 4.33. The lowest BCUT2D eigenvalue weighted by Gasteiger charge is -2.06. The Hall–Kier alpha value is -2.36. The molecule has 0 saturated heterocycles. The number of pyridine rings is 1. The summed E-state index contributed by atoms with van der Waals surface area (Å²) in [5, 5.41) is 2.77. The van der Waals surface area contributed by atoms with E-state index in [4.69, 9.17) is 5.73 Å². The van der Waals surface area contributed by atoms with Crippen LogP contribution >= 0.6 is 0 Å². The highest BCUT2D eigenvalue weighted by atomic mass is 16.1. The molecule has 0 atom stereocenters. The first kappa shape index (κ1) is 11.7. The molecule has 1 fully saturated rings. The van der Waals surface area contributed by atoms with E-state index in [1.165, 1.54) is 18.4 Å². The van der Waals surface area contributed by atoms with E-state index in [1.807, 2.05) is 18.3 Å². The Morgan fingerprint density at radius 1 is 1.26 bits per heavy atom. The van der Waals surface area contributed by atoms with Gasteiger partial charge in [-0.25, -0.2) is 4.98 Å². The molecule has 0 aliphatic heterocycles. The fourth-order valence-electron chi connectivity index (χ4n) is 2.01. The zero-order chi connectivity index (χ0) is 13.2. The number of nitrogens with two attached hydrogens (primary N) is 1. The quantitative estimate of drug-likeness (QED) is 0.826. The second kappa shape index (κ2) is 4.72. The number of amides is 1. The first-order valence-electron chi connectivity index (χ1n) is 6.35. The minimum Gasteiger partial charge on any atom is -0.399 e. The van der Waals surface area contributed by atoms with Crippen molar-refractivity contribution in [3.8, 4) is 0 Å². The molecule has 0 radical (unpaired) electrons. The molecule has 2 aromatic rings. The Bertz CT molecular complexity index is 603. The summed E-state index contributed by atoms with van der Waals surface area (Å²) in [5.41, 5.74) is 8.02. The van der Waals surface area contributed by atoms with Crippen molar-refractivity contribution >= 4 is 17.4 Å². The zero-order valence-corrected chi connectivity index (χ0v) is 10.5. The average Bonchev–Trinajstić information content (AvgIpc) is 3.24. The van der Waals surface area contributed by atoms with E-state index in [1.54, 1.807) is 24.3 Å². The first-order chi connectivity index (χ1) is 9.22. The van der Waals surface area contributed by atoms with Crippen molar-refractivity contribution in [2.24, 2.45) is 0 Å². The lowest BCUT2D eigenvalue weighted by Crippen LogP contribution is -2.13. The Kier molecular flexibility index (Phi) is 2.91. The van der Waals surface area contributed by atoms with Gasteiger partial charge in [0.05, 0.1) is 0 Å². The normalized spacial score (nSPS) is 14.1. The number of hydrogen-bond acceptors (Lipinski definition) is 3. The third-order valence-corrected chi connectivity index (χ3v) is 3.23. The number of benzene rings is 1. The van der Waals surface area contributed by atoms with Gasteiger partial charge in [-0.3, -0.25) is 4.79 Å². The predicted molar refractivity (Wildman–Crippen MR) is 75.0 cm³/mol. The zero-order valence-electron chi connectivity index (χ0n) is 10.5. The van der Waals surface area contributed by atoms with Gasteiger partial charge in [-0.15, -0.1) is 0 Å². The summed E-state index contributed by atoms with van der Waals surface area (Å²) in [6, 6.07) is 10.8. The molecule has 0 bridgehead atoms. The van der Waals surface area contributed by atoms with Gasteiger partial charge in [-0.2, -0.15) is 0 Å². The smallest absolute Gasteiger partial charge is 0.256 e. The van der Waals surface area contributed by atoms with Crippen LogP contribution in [0.3, 0.4) is 0 Å². The van der Waals surface area contributed by atoms with E-state index in [0.29, 0.717) is 23.0 Å². The molecule has 3 N–H and O–H groups in total. The number of hydrogen-bond donors (Lipinski definition) is 2. The molecule has 1 saturated carbocycles. The second-order valence-corrected chi connectivity index (χ2v) is 4.83. The summed E-state index contributed by atoms with van der Waals surface area (Å²) in [4.78, 5) is 16.3. The number of anilines is 2. The maximum atomic E-state index is 12.0. The molecular formula is C15H15N3O. The van der Waals surface area contributed by atoms with Crippen LogP contribution in [0.2, 0.25) is 0 Å². The molecule has 4 heteroatoms. The molecular weight excluding hydrogens is 238 g/mol. The van der Waals surface area contributed by atoms with E-state index in [9.17, 15) is 4.79 Å². The van der Waals surface area contributed by atoms with Gasteiger partial charge in [-0.05, 0) is 48.6 Å². The van der Waals surface area contributed by atoms with Gasteiger partial charge in [0.2, 0.25) is 0 Å². The van der Waals surface area contributed by atoms with Crippen LogP contribution in [0.15, 0.2) is 42.6 Å². The molecule has 0 unspecified atom stereocenters. The number of nitrogen functional groups attached to an aromatic ring is 1. The highest BCUT2D eigenvalue weighted by Crippen LogP contribution is 2.39. The van der Waals surface area contributed by atoms with Crippen LogP contribution in [0.1, 0.15) is 34.7 Å². The van der Waals surface area contributed by atoms with Crippen molar-refractivity contribution in [2.45, 2.75) is 18.8 Å². The summed E-state index contributed by atoms with van der Waals surface area (Å²) in [7, 11) is 0. The van der Waals surface area contributed by atoms with Crippen LogP contribution in [0, 0.1) is 0 Å². The second-order valence-electron chi connectivity index (χ2n) is 4.83. The van der Waals surface area contributed by atoms with E-state index in [0.717, 1.165) is 0 Å². The molecule has 3 rings (SSSR count). The summed E-state index contributed by atoms with van der Waals surface area (Å²) in [5.74, 6) is 1.04. The topological polar surface area (TPSA) is 68.0 Å². The van der Waals surface area contributed by atoms with Crippen LogP contribution in [0.25, 0.3) is 0 Å². The van der Waals surface area contributed by atoms with Gasteiger partial charge in [-0.1, -0.05) is 12.1 Å². The average molecular weight is 253 g/mol. The van der Waals surface area contributed by atoms with Gasteiger partial charge < -0.3 is 11.1 Å². The van der Waals surface area contributed by atoms with Gasteiger partial charge in [0.25, 0.3) is 5.91 Å². The molecule has 4 nitrogen and oxygen atoms in total. The van der Waals surface area contributed by atoms with Crippen LogP contribution in [-0.2, 0) is 0 Å². The number of carbonyl (C=O) groups is 1. The summed E-state index contributed by atoms with van der Waals surface area (Å²) >= 11 is 0. The van der Waals surface area contributed by atoms with E-state index in [2.05, 4.69) is 10.3 Å². The summed E-state index contributed by atoms with van der Waals surface area (Å²) in [6.45, 7) is 0. The predicted octanol–water partition coefficient (Wildman–Crippen LogP) is 2.79. The molecule has 19 heavy (non-hydrogen) atoms. The van der Waals surface area contributed by atoms with Gasteiger partial charge in [0.15, 0.2) is 0 Å². The van der Waals surface area contributed by atoms with Crippen molar-refractivity contribution in [3.05, 3.63) is 53.7 Å². The molecule has 1 amide bonds. The van der Waals surface area contributed by atoms with Crippen LogP contribution in [0.4, 0.5) is 11.5 Å². The Morgan fingerprint density at radius 3 is 2.74 bits per heavy atom. The van der Waals surface area contributed by atoms with E-state index in [-0.39, 0.29) is 5.91 Å². The van der Waals surface area contributed by atoms with Gasteiger partial charge in [0.1, 0.15) is 5.82 Å². The lowest BCUT2D eigenvalue weighted by molar-refractivity contribution is 0.102. The number of nitrogens with one attached hydrogen (secondary N) is 1. The van der Waals surface area contributed by atoms with Crippen molar-refractivity contribution in [2.75, 3.05) is 11.1 Å². The standard InChI is InChI=1S/C15H15N3O/c16-13-3-1-2-11(8-13)15(19)18-14-7-6-12(9-17-14)10-4-5-10/h1-3,6-10H,4-5,16H2,(H,17,18,19). The number of aromatic nitrogens is 1. The monoisotopic (exact) mass is 253 g/mol. The van der Waals surface area contributed by atoms with Crippen LogP contribution in [-0.4, -0.2) is 10.9 Å². The number of rotatable bonds is 3. The van der Waals surface area contributed by atoms with Crippen LogP contribution in [0.5, 0.6) is 0 Å². The molecule has 1 aliphatic carbocycles. The highest BCUT2D eigenvalue weighted by molar-refractivity contribution is 6.04. The number of carbonyl (C=O) groups excluding carboxylic acids is 1. The molecule has 1 aromatic heterocycles. The molecule has 96 valence electrons. The number of nitrogens with zero attached hydrogens (tertiary/aromatic N) is 1. The van der Waals surface area contributed by atoms with E-state index < -0.39 is 0 Å². The third-order valence-electron chi connectivity index (χ3n) is 3.23. The van der Waals surface area contributed by atoms with Crippen LogP contribution < -0.4 is 11.1 Å². The SMILES string of the molecule is Nc1cccc(C(=O)Nc2ccc(C3CC3)cn2)c1. The highest BCUT2D eigenvalue weighted by Gasteiger charge is 2.23. The fourth-order valence-corrected chi connectivity index (χ4v) is 2.01. The Balaban J connectivity index is 1.71. The largest absolute Gasteiger partial charge is 0.399 e. The van der Waals surface area contributed by atoms with E-state index >= 15 is 0 Å². The van der Waals surface area contributed by atoms with Crippen molar-refractivity contribution in [1.29, 1.82) is 0 Å². The Morgan fingerprint density at radius 2 is 2.11 bits per heavy atom. The molecule has 1 aromatic carbocycles. The van der Waals surface area contributed by atoms with Crippen molar-refractivity contribution < 1.29 is 4.79 Å². The fraction of sp³-hybridized carbons (Fsp3) is 0.200. The van der Waals surface area contributed by atoms with Crippen molar-refractivity contribution in [1.82, 2.24) is 4.98 Å². The lowest BCUT2D eigenvalue weighted by atomic mass is 10.2. The maximum Gasteiger partial charge on any atom is 0.256 e. The third kappa shape index (κ3) is 2.73. The summed E-state index contributed by atoms with van der Waals surface area (Å²) < 4.78 is 0. The van der Waals surface area contributed by atoms with Gasteiger partial charge >= 0.3 is 0 Å². The minimum absolute atomic E-state index is 0.195. The molecule has 0 spiro atoms. The molecule has 1 aliphatic rings. The molecule has 1 heterocycles. The first-order valence-corrected chi connectivity index (χ1v) is 6.35. The van der Waals surface area contributed by atoms with Gasteiger partial charge in [0, 0.05) is 17.4 Å². The minimum atomic E-state index is -0.195. The van der Waals surface area contributed by atoms with Crippen molar-refractivity contribution in [3.63, 3.8) is 0 Å². The Labute approximate surface area is 111 Å².